The smallest absolute Gasteiger partial charge is 0.237 e. The Morgan fingerprint density at radius 2 is 1.79 bits per heavy atom. The maximum atomic E-state index is 13.0. The molecule has 2 rings (SSSR count). The molecule has 0 aliphatic carbocycles. The third-order valence-corrected chi connectivity index (χ3v) is 4.47. The SMILES string of the molecule is CC(=O)Nc1ccc(SC(C)C(=O)Nc2ccc(F)cc2Cl)cc1. The molecule has 126 valence electrons. The molecule has 1 unspecified atom stereocenters. The molecule has 0 radical (unpaired) electrons. The van der Waals surface area contributed by atoms with Crippen molar-refractivity contribution in [2.75, 3.05) is 10.6 Å². The number of thioether (sulfide) groups is 1. The van der Waals surface area contributed by atoms with Crippen LogP contribution in [0.4, 0.5) is 15.8 Å². The van der Waals surface area contributed by atoms with Crippen molar-refractivity contribution in [1.82, 2.24) is 0 Å². The van der Waals surface area contributed by atoms with Crippen LogP contribution in [0, 0.1) is 5.82 Å². The highest BCUT2D eigenvalue weighted by molar-refractivity contribution is 8.00. The van der Waals surface area contributed by atoms with Gasteiger partial charge < -0.3 is 10.6 Å². The molecule has 24 heavy (non-hydrogen) atoms. The van der Waals surface area contributed by atoms with E-state index in [1.807, 2.05) is 12.1 Å². The quantitative estimate of drug-likeness (QED) is 0.763. The van der Waals surface area contributed by atoms with Crippen LogP contribution in [0.25, 0.3) is 0 Å². The maximum Gasteiger partial charge on any atom is 0.237 e. The molecule has 2 aromatic rings. The maximum absolute atomic E-state index is 13.0. The molecule has 1 atom stereocenters. The first-order chi connectivity index (χ1) is 11.3. The molecule has 0 aliphatic heterocycles. The summed E-state index contributed by atoms with van der Waals surface area (Å²) in [7, 11) is 0. The molecule has 0 heterocycles. The first kappa shape index (κ1) is 18.3. The lowest BCUT2D eigenvalue weighted by Crippen LogP contribution is -2.22. The molecule has 0 aromatic heterocycles. The van der Waals surface area contributed by atoms with Crippen molar-refractivity contribution in [2.45, 2.75) is 24.0 Å². The molecule has 2 N–H and O–H groups in total. The van der Waals surface area contributed by atoms with Gasteiger partial charge in [0.2, 0.25) is 11.8 Å². The van der Waals surface area contributed by atoms with E-state index in [0.29, 0.717) is 11.4 Å². The van der Waals surface area contributed by atoms with E-state index < -0.39 is 5.82 Å². The fourth-order valence-electron chi connectivity index (χ4n) is 1.90. The van der Waals surface area contributed by atoms with Gasteiger partial charge in [-0.3, -0.25) is 9.59 Å². The molecule has 0 saturated heterocycles. The van der Waals surface area contributed by atoms with Crippen molar-refractivity contribution >= 4 is 46.6 Å². The molecule has 0 fully saturated rings. The van der Waals surface area contributed by atoms with Gasteiger partial charge in [0.15, 0.2) is 0 Å². The summed E-state index contributed by atoms with van der Waals surface area (Å²) in [4.78, 5) is 24.1. The molecule has 0 bridgehead atoms. The van der Waals surface area contributed by atoms with E-state index >= 15 is 0 Å². The monoisotopic (exact) mass is 366 g/mol. The lowest BCUT2D eigenvalue weighted by Gasteiger charge is -2.13. The lowest BCUT2D eigenvalue weighted by atomic mass is 10.3. The minimum absolute atomic E-state index is 0.140. The van der Waals surface area contributed by atoms with Crippen molar-refractivity contribution in [3.05, 3.63) is 53.3 Å². The topological polar surface area (TPSA) is 58.2 Å². The average molecular weight is 367 g/mol. The van der Waals surface area contributed by atoms with Gasteiger partial charge in [-0.25, -0.2) is 4.39 Å². The van der Waals surface area contributed by atoms with Crippen molar-refractivity contribution in [3.63, 3.8) is 0 Å². The van der Waals surface area contributed by atoms with Gasteiger partial charge >= 0.3 is 0 Å². The molecule has 0 aliphatic rings. The minimum Gasteiger partial charge on any atom is -0.326 e. The van der Waals surface area contributed by atoms with E-state index in [-0.39, 0.29) is 22.1 Å². The Balaban J connectivity index is 1.97. The number of carbonyl (C=O) groups is 2. The highest BCUT2D eigenvalue weighted by Gasteiger charge is 2.16. The number of amides is 2. The third-order valence-electron chi connectivity index (χ3n) is 3.05. The number of halogens is 2. The fraction of sp³-hybridized carbons (Fsp3) is 0.176. The summed E-state index contributed by atoms with van der Waals surface area (Å²) in [5.74, 6) is -0.835. The highest BCUT2D eigenvalue weighted by Crippen LogP contribution is 2.27. The van der Waals surface area contributed by atoms with Gasteiger partial charge in [0, 0.05) is 17.5 Å². The summed E-state index contributed by atoms with van der Waals surface area (Å²) in [6.07, 6.45) is 0. The zero-order valence-electron chi connectivity index (χ0n) is 13.1. The van der Waals surface area contributed by atoms with E-state index in [9.17, 15) is 14.0 Å². The van der Waals surface area contributed by atoms with Gasteiger partial charge in [-0.05, 0) is 49.4 Å². The van der Waals surface area contributed by atoms with Crippen LogP contribution in [-0.2, 0) is 9.59 Å². The summed E-state index contributed by atoms with van der Waals surface area (Å²) in [5, 5.41) is 5.13. The summed E-state index contributed by atoms with van der Waals surface area (Å²) in [6, 6.07) is 11.0. The van der Waals surface area contributed by atoms with Crippen molar-refractivity contribution < 1.29 is 14.0 Å². The molecule has 7 heteroatoms. The highest BCUT2D eigenvalue weighted by atomic mass is 35.5. The zero-order chi connectivity index (χ0) is 17.7. The Labute approximate surface area is 148 Å². The number of carbonyl (C=O) groups excluding carboxylic acids is 2. The normalized spacial score (nSPS) is 11.7. The second-order valence-corrected chi connectivity index (χ2v) is 6.90. The molecule has 4 nitrogen and oxygen atoms in total. The van der Waals surface area contributed by atoms with Gasteiger partial charge in [-0.2, -0.15) is 0 Å². The van der Waals surface area contributed by atoms with Crippen molar-refractivity contribution in [1.29, 1.82) is 0 Å². The van der Waals surface area contributed by atoms with Crippen LogP contribution in [0.5, 0.6) is 0 Å². The van der Waals surface area contributed by atoms with Gasteiger partial charge in [0.1, 0.15) is 5.82 Å². The van der Waals surface area contributed by atoms with Crippen LogP contribution in [-0.4, -0.2) is 17.1 Å². The Kier molecular flexibility index (Phi) is 6.23. The minimum atomic E-state index is -0.459. The first-order valence-corrected chi connectivity index (χ1v) is 8.41. The average Bonchev–Trinajstić information content (AvgIpc) is 2.51. The van der Waals surface area contributed by atoms with E-state index in [2.05, 4.69) is 10.6 Å². The number of rotatable bonds is 5. The van der Waals surface area contributed by atoms with Gasteiger partial charge in [-0.1, -0.05) is 11.6 Å². The molecule has 0 saturated carbocycles. The van der Waals surface area contributed by atoms with Gasteiger partial charge in [-0.15, -0.1) is 11.8 Å². The van der Waals surface area contributed by atoms with E-state index in [1.54, 1.807) is 19.1 Å². The molecular weight excluding hydrogens is 351 g/mol. The Hall–Kier alpha value is -2.05. The second-order valence-electron chi connectivity index (χ2n) is 5.08. The number of hydrogen-bond acceptors (Lipinski definition) is 3. The van der Waals surface area contributed by atoms with Crippen LogP contribution < -0.4 is 10.6 Å². The fourth-order valence-corrected chi connectivity index (χ4v) is 2.98. The molecular formula is C17H16ClFN2O2S. The number of benzene rings is 2. The largest absolute Gasteiger partial charge is 0.326 e. The summed E-state index contributed by atoms with van der Waals surface area (Å²) in [5.41, 5.74) is 1.07. The summed E-state index contributed by atoms with van der Waals surface area (Å²) >= 11 is 7.27. The predicted molar refractivity (Wildman–Crippen MR) is 96.1 cm³/mol. The Morgan fingerprint density at radius 3 is 2.38 bits per heavy atom. The van der Waals surface area contributed by atoms with E-state index in [0.717, 1.165) is 11.0 Å². The van der Waals surface area contributed by atoms with E-state index in [4.69, 9.17) is 11.6 Å². The Bertz CT molecular complexity index is 753. The third kappa shape index (κ3) is 5.25. The van der Waals surface area contributed by atoms with E-state index in [1.165, 1.54) is 30.8 Å². The van der Waals surface area contributed by atoms with Crippen LogP contribution in [0.2, 0.25) is 5.02 Å². The van der Waals surface area contributed by atoms with Gasteiger partial charge in [0.25, 0.3) is 0 Å². The Morgan fingerprint density at radius 1 is 1.12 bits per heavy atom. The van der Waals surface area contributed by atoms with Crippen LogP contribution >= 0.6 is 23.4 Å². The first-order valence-electron chi connectivity index (χ1n) is 7.15. The molecule has 2 aromatic carbocycles. The van der Waals surface area contributed by atoms with Crippen LogP contribution in [0.1, 0.15) is 13.8 Å². The summed E-state index contributed by atoms with van der Waals surface area (Å²) < 4.78 is 13.0. The number of nitrogens with one attached hydrogen (secondary N) is 2. The van der Waals surface area contributed by atoms with Crippen molar-refractivity contribution in [2.24, 2.45) is 0 Å². The zero-order valence-corrected chi connectivity index (χ0v) is 14.7. The number of anilines is 2. The number of hydrogen-bond donors (Lipinski definition) is 2. The summed E-state index contributed by atoms with van der Waals surface area (Å²) in [6.45, 7) is 3.20. The van der Waals surface area contributed by atoms with Crippen molar-refractivity contribution in [3.8, 4) is 0 Å². The second kappa shape index (κ2) is 8.17. The lowest BCUT2D eigenvalue weighted by molar-refractivity contribution is -0.115. The standard InChI is InChI=1S/C17H16ClFN2O2S/c1-10(17(23)21-16-8-3-12(19)9-15(16)18)24-14-6-4-13(5-7-14)20-11(2)22/h3-10H,1-2H3,(H,20,22)(H,21,23). The van der Waals surface area contributed by atoms with Crippen LogP contribution in [0.15, 0.2) is 47.4 Å². The predicted octanol–water partition coefficient (Wildman–Crippen LogP) is 4.56. The molecule has 2 amide bonds. The van der Waals surface area contributed by atoms with Gasteiger partial charge in [0.05, 0.1) is 16.0 Å². The molecule has 0 spiro atoms. The van der Waals surface area contributed by atoms with Crippen LogP contribution in [0.3, 0.4) is 0 Å².